The summed E-state index contributed by atoms with van der Waals surface area (Å²) >= 11 is 0. The predicted molar refractivity (Wildman–Crippen MR) is 231 cm³/mol. The fourth-order valence-electron chi connectivity index (χ4n) is 10.9. The number of piperidine rings is 2. The van der Waals surface area contributed by atoms with Crippen LogP contribution in [-0.2, 0) is 4.79 Å². The van der Waals surface area contributed by atoms with Crippen LogP contribution in [-0.4, -0.2) is 95.1 Å². The van der Waals surface area contributed by atoms with Crippen molar-refractivity contribution in [1.82, 2.24) is 30.3 Å². The molecule has 13 nitrogen and oxygen atoms in total. The second-order valence-corrected chi connectivity index (χ2v) is 18.5. The molecule has 0 unspecified atom stereocenters. The molecule has 62 heavy (non-hydrogen) atoms. The number of benzene rings is 3. The topological polar surface area (TPSA) is 149 Å². The van der Waals surface area contributed by atoms with Crippen molar-refractivity contribution in [1.29, 1.82) is 5.26 Å². The van der Waals surface area contributed by atoms with Crippen molar-refractivity contribution in [3.63, 3.8) is 0 Å². The van der Waals surface area contributed by atoms with Gasteiger partial charge < -0.3 is 19.9 Å². The smallest absolute Gasteiger partial charge is 0.328 e. The fourth-order valence-corrected chi connectivity index (χ4v) is 10.9. The van der Waals surface area contributed by atoms with Gasteiger partial charge >= 0.3 is 6.03 Å². The fraction of sp³-hybridized carbons (Fsp3) is 0.447. The standard InChI is InChI=1S/C47H51F2N9O4/c1-46(2)43(47(3,4)44(46)62-39-13-11-30(24-50)41-31(39)7-6-18-51-41)54-42(60)29-10-12-37(33(48)23-29)56-20-14-28(15-21-56)26-55-19-16-38(34(49)27-55)58-36-9-5-8-35(32(36)25-52-58)57-22-17-40(59)53-45(57)61/h5-13,18,23,25,28,34,38,43-44H,14-17,19-22,26-27H2,1-4H3,(H,54,60)(H,53,59,61)/t34-,38+,43?,44?/m1/s1. The number of nitriles is 1. The number of amides is 4. The van der Waals surface area contributed by atoms with Crippen LogP contribution >= 0.6 is 0 Å². The lowest BCUT2D eigenvalue weighted by molar-refractivity contribution is -0.163. The summed E-state index contributed by atoms with van der Waals surface area (Å²) in [5.41, 5.74) is 2.23. The Kier molecular flexibility index (Phi) is 10.6. The van der Waals surface area contributed by atoms with Gasteiger partial charge in [-0.1, -0.05) is 33.8 Å². The Balaban J connectivity index is 0.775. The number of imide groups is 1. The van der Waals surface area contributed by atoms with Gasteiger partial charge in [0.2, 0.25) is 5.91 Å². The molecule has 3 aliphatic heterocycles. The Labute approximate surface area is 359 Å². The molecule has 0 spiro atoms. The van der Waals surface area contributed by atoms with E-state index in [2.05, 4.69) is 31.7 Å². The van der Waals surface area contributed by atoms with Crippen molar-refractivity contribution in [2.45, 2.75) is 77.7 Å². The van der Waals surface area contributed by atoms with Gasteiger partial charge in [-0.05, 0) is 79.8 Å². The molecule has 4 amide bonds. The summed E-state index contributed by atoms with van der Waals surface area (Å²) in [5, 5.41) is 21.2. The van der Waals surface area contributed by atoms with Crippen LogP contribution < -0.4 is 25.2 Å². The highest BCUT2D eigenvalue weighted by atomic mass is 19.1. The maximum absolute atomic E-state index is 15.9. The summed E-state index contributed by atoms with van der Waals surface area (Å²) in [4.78, 5) is 48.1. The van der Waals surface area contributed by atoms with Gasteiger partial charge in [-0.15, -0.1) is 0 Å². The van der Waals surface area contributed by atoms with Crippen LogP contribution in [0.25, 0.3) is 21.8 Å². The number of pyridine rings is 1. The Morgan fingerprint density at radius 3 is 2.48 bits per heavy atom. The lowest BCUT2D eigenvalue weighted by Crippen LogP contribution is -2.74. The summed E-state index contributed by atoms with van der Waals surface area (Å²) in [6, 6.07) is 18.5. The largest absolute Gasteiger partial charge is 0.488 e. The molecule has 1 aliphatic carbocycles. The van der Waals surface area contributed by atoms with Gasteiger partial charge in [-0.25, -0.2) is 13.6 Å². The van der Waals surface area contributed by atoms with Crippen molar-refractivity contribution in [2.75, 3.05) is 49.1 Å². The third kappa shape index (κ3) is 7.27. The van der Waals surface area contributed by atoms with E-state index in [1.54, 1.807) is 41.3 Å². The second kappa shape index (κ2) is 16.0. The molecule has 2 N–H and O–H groups in total. The third-order valence-electron chi connectivity index (χ3n) is 13.8. The van der Waals surface area contributed by atoms with Crippen LogP contribution in [0.1, 0.15) is 75.3 Å². The zero-order chi connectivity index (χ0) is 43.5. The van der Waals surface area contributed by atoms with E-state index in [0.717, 1.165) is 42.2 Å². The van der Waals surface area contributed by atoms with Gasteiger partial charge in [0.1, 0.15) is 29.9 Å². The lowest BCUT2D eigenvalue weighted by Gasteiger charge is -2.63. The number of fused-ring (bicyclic) bond motifs is 2. The number of carbonyl (C=O) groups excluding carboxylic acids is 3. The van der Waals surface area contributed by atoms with Crippen molar-refractivity contribution in [3.8, 4) is 11.8 Å². The van der Waals surface area contributed by atoms with Crippen LogP contribution in [0.5, 0.6) is 5.75 Å². The average molecular weight is 844 g/mol. The molecule has 15 heteroatoms. The molecule has 5 aromatic rings. The van der Waals surface area contributed by atoms with Crippen molar-refractivity contribution in [2.24, 2.45) is 16.7 Å². The first-order chi connectivity index (χ1) is 29.7. The monoisotopic (exact) mass is 843 g/mol. The molecule has 0 radical (unpaired) electrons. The van der Waals surface area contributed by atoms with Crippen LogP contribution in [0.3, 0.4) is 0 Å². The predicted octanol–water partition coefficient (Wildman–Crippen LogP) is 7.16. The number of hydrogen-bond acceptors (Lipinski definition) is 9. The molecular formula is C47H51F2N9O4. The van der Waals surface area contributed by atoms with Gasteiger partial charge in [-0.2, -0.15) is 10.4 Å². The number of carbonyl (C=O) groups is 3. The Morgan fingerprint density at radius 2 is 1.76 bits per heavy atom. The molecule has 2 aromatic heterocycles. The molecule has 1 saturated carbocycles. The Bertz CT molecular complexity index is 2600. The number of nitrogens with zero attached hydrogens (tertiary/aromatic N) is 7. The number of hydrogen-bond donors (Lipinski definition) is 2. The molecular weight excluding hydrogens is 793 g/mol. The number of alkyl halides is 1. The lowest BCUT2D eigenvalue weighted by atomic mass is 9.49. The van der Waals surface area contributed by atoms with Crippen molar-refractivity contribution >= 4 is 51.0 Å². The Morgan fingerprint density at radius 1 is 0.968 bits per heavy atom. The van der Waals surface area contributed by atoms with Gasteiger partial charge in [0.25, 0.3) is 5.91 Å². The van der Waals surface area contributed by atoms with Crippen molar-refractivity contribution < 1.29 is 27.9 Å². The first-order valence-electron chi connectivity index (χ1n) is 21.5. The van der Waals surface area contributed by atoms with E-state index in [0.29, 0.717) is 53.6 Å². The van der Waals surface area contributed by atoms with E-state index in [-0.39, 0.29) is 49.0 Å². The normalized spacial score (nSPS) is 24.1. The summed E-state index contributed by atoms with van der Waals surface area (Å²) in [7, 11) is 0. The second-order valence-electron chi connectivity index (χ2n) is 18.5. The molecule has 9 rings (SSSR count). The summed E-state index contributed by atoms with van der Waals surface area (Å²) in [6.45, 7) is 11.5. The van der Waals surface area contributed by atoms with E-state index in [1.807, 2.05) is 62.9 Å². The number of halogens is 2. The quantitative estimate of drug-likeness (QED) is 0.158. The number of anilines is 2. The van der Waals surface area contributed by atoms with Crippen LogP contribution in [0.2, 0.25) is 0 Å². The number of ether oxygens (including phenoxy) is 1. The first-order valence-corrected chi connectivity index (χ1v) is 21.5. The summed E-state index contributed by atoms with van der Waals surface area (Å²) < 4.78 is 40.1. The Hall–Kier alpha value is -6.14. The number of nitrogens with one attached hydrogen (secondary N) is 2. The summed E-state index contributed by atoms with van der Waals surface area (Å²) in [6.07, 6.45) is 4.39. The average Bonchev–Trinajstić information content (AvgIpc) is 3.69. The molecule has 5 heterocycles. The molecule has 4 fully saturated rings. The highest BCUT2D eigenvalue weighted by Crippen LogP contribution is 2.56. The van der Waals surface area contributed by atoms with E-state index >= 15 is 8.78 Å². The minimum Gasteiger partial charge on any atom is -0.488 e. The maximum Gasteiger partial charge on any atom is 0.328 e. The van der Waals surface area contributed by atoms with E-state index < -0.39 is 34.9 Å². The maximum atomic E-state index is 15.9. The minimum absolute atomic E-state index is 0.211. The molecule has 3 saturated heterocycles. The highest BCUT2D eigenvalue weighted by Gasteiger charge is 2.64. The van der Waals surface area contributed by atoms with E-state index in [4.69, 9.17) is 4.74 Å². The first kappa shape index (κ1) is 41.2. The number of rotatable bonds is 9. The van der Waals surface area contributed by atoms with Gasteiger partial charge in [0.05, 0.1) is 40.2 Å². The van der Waals surface area contributed by atoms with Crippen LogP contribution in [0.4, 0.5) is 25.0 Å². The van der Waals surface area contributed by atoms with Gasteiger partial charge in [0, 0.05) is 85.1 Å². The van der Waals surface area contributed by atoms with Gasteiger partial charge in [-0.3, -0.25) is 29.5 Å². The number of urea groups is 1. The van der Waals surface area contributed by atoms with Gasteiger partial charge in [0.15, 0.2) is 0 Å². The number of aromatic nitrogens is 3. The molecule has 322 valence electrons. The summed E-state index contributed by atoms with van der Waals surface area (Å²) in [5.74, 6) is -0.127. The SMILES string of the molecule is CC1(C)C(NC(=O)c2ccc(N3CCC(CN4CC[C@H](n5ncc6c(N7CCC(=O)NC7=O)cccc65)[C@H](F)C4)CC3)c(F)c2)C(C)(C)C1Oc1ccc(C#N)c2ncccc12. The molecule has 0 bridgehead atoms. The van der Waals surface area contributed by atoms with E-state index in [1.165, 1.54) is 11.0 Å². The molecule has 4 aliphatic rings. The zero-order valence-electron chi connectivity index (χ0n) is 35.4. The van der Waals surface area contributed by atoms with E-state index in [9.17, 15) is 19.6 Å². The minimum atomic E-state index is -1.14. The molecule has 2 atom stereocenters. The molecule has 3 aromatic carbocycles. The van der Waals surface area contributed by atoms with Crippen LogP contribution in [0.15, 0.2) is 73.1 Å². The van der Waals surface area contributed by atoms with Crippen molar-refractivity contribution in [3.05, 3.63) is 90.0 Å². The number of likely N-dealkylation sites (tertiary alicyclic amines) is 1. The zero-order valence-corrected chi connectivity index (χ0v) is 35.4. The third-order valence-corrected chi connectivity index (χ3v) is 13.8. The highest BCUT2D eigenvalue weighted by molar-refractivity contribution is 6.09. The van der Waals surface area contributed by atoms with Crippen LogP contribution in [0, 0.1) is 33.9 Å².